The summed E-state index contributed by atoms with van der Waals surface area (Å²) in [7, 11) is 1.79. The van der Waals surface area contributed by atoms with Gasteiger partial charge in [-0.3, -0.25) is 0 Å². The lowest BCUT2D eigenvalue weighted by Crippen LogP contribution is -2.30. The zero-order valence-electron chi connectivity index (χ0n) is 20.8. The molecule has 1 saturated carbocycles. The van der Waals surface area contributed by atoms with E-state index in [1.54, 1.807) is 7.05 Å². The smallest absolute Gasteiger partial charge is 0.162 e. The molecule has 2 heterocycles. The van der Waals surface area contributed by atoms with Gasteiger partial charge in [0.25, 0.3) is 0 Å². The minimum atomic E-state index is -0.605. The third-order valence-electron chi connectivity index (χ3n) is 6.38. The summed E-state index contributed by atoms with van der Waals surface area (Å²) in [5, 5.41) is 30.8. The summed E-state index contributed by atoms with van der Waals surface area (Å²) in [5.41, 5.74) is 4.10. The topological polar surface area (TPSA) is 126 Å². The normalized spacial score (nSPS) is 18.9. The van der Waals surface area contributed by atoms with Gasteiger partial charge < -0.3 is 30.1 Å². The third kappa shape index (κ3) is 5.98. The minimum absolute atomic E-state index is 0.140. The maximum absolute atomic E-state index is 10.2. The lowest BCUT2D eigenvalue weighted by Gasteiger charge is -2.28. The number of rotatable bonds is 9. The SMILES string of the molecule is CNCC(O)COc1cccc(-c2nc(N[C@H]3CCC[C@@H](O)C3)c(C)c(-c3c(C)noc3C)n2)c1. The van der Waals surface area contributed by atoms with E-state index in [9.17, 15) is 10.2 Å². The molecule has 35 heavy (non-hydrogen) atoms. The third-order valence-corrected chi connectivity index (χ3v) is 6.38. The van der Waals surface area contributed by atoms with E-state index in [4.69, 9.17) is 19.2 Å². The van der Waals surface area contributed by atoms with Crippen molar-refractivity contribution in [2.24, 2.45) is 0 Å². The van der Waals surface area contributed by atoms with Crippen LogP contribution < -0.4 is 15.4 Å². The van der Waals surface area contributed by atoms with Crippen molar-refractivity contribution in [3.8, 4) is 28.4 Å². The number of ether oxygens (including phenoxy) is 1. The van der Waals surface area contributed by atoms with Gasteiger partial charge in [0.15, 0.2) is 5.82 Å². The van der Waals surface area contributed by atoms with Crippen LogP contribution in [0, 0.1) is 20.8 Å². The van der Waals surface area contributed by atoms with Crippen molar-refractivity contribution < 1.29 is 19.5 Å². The second-order valence-corrected chi connectivity index (χ2v) is 9.28. The van der Waals surface area contributed by atoms with Gasteiger partial charge in [-0.15, -0.1) is 0 Å². The molecule has 1 aliphatic carbocycles. The largest absolute Gasteiger partial charge is 0.491 e. The van der Waals surface area contributed by atoms with Crippen LogP contribution in [0.25, 0.3) is 22.6 Å². The van der Waals surface area contributed by atoms with Crippen LogP contribution in [0.3, 0.4) is 0 Å². The van der Waals surface area contributed by atoms with Gasteiger partial charge in [0.1, 0.15) is 30.0 Å². The van der Waals surface area contributed by atoms with E-state index in [-0.39, 0.29) is 18.8 Å². The quantitative estimate of drug-likeness (QED) is 0.364. The van der Waals surface area contributed by atoms with E-state index in [1.807, 2.05) is 45.0 Å². The molecular formula is C26H35N5O4. The number of aliphatic hydroxyl groups is 2. The van der Waals surface area contributed by atoms with Crippen molar-refractivity contribution in [1.82, 2.24) is 20.4 Å². The fourth-order valence-corrected chi connectivity index (χ4v) is 4.55. The molecule has 188 valence electrons. The van der Waals surface area contributed by atoms with E-state index in [1.165, 1.54) is 0 Å². The Balaban J connectivity index is 1.71. The van der Waals surface area contributed by atoms with Crippen LogP contribution in [0.2, 0.25) is 0 Å². The number of hydrogen-bond acceptors (Lipinski definition) is 9. The van der Waals surface area contributed by atoms with Crippen molar-refractivity contribution in [3.63, 3.8) is 0 Å². The zero-order valence-corrected chi connectivity index (χ0v) is 20.8. The van der Waals surface area contributed by atoms with Gasteiger partial charge in [0.05, 0.1) is 23.1 Å². The van der Waals surface area contributed by atoms with Gasteiger partial charge in [0.2, 0.25) is 0 Å². The van der Waals surface area contributed by atoms with Crippen LogP contribution in [-0.4, -0.2) is 63.8 Å². The standard InChI is InChI=1S/C26H35N5O4/c1-15-24(23-16(2)31-35-17(23)3)29-26(30-25(15)28-19-8-6-9-20(32)12-19)18-7-5-10-22(11-18)34-14-21(33)13-27-4/h5,7,10-11,19-21,27,32-33H,6,8-9,12-14H2,1-4H3,(H,28,29,30)/t19-,20+,21?/m0/s1. The summed E-state index contributed by atoms with van der Waals surface area (Å²) in [6.45, 7) is 6.41. The predicted molar refractivity (Wildman–Crippen MR) is 134 cm³/mol. The van der Waals surface area contributed by atoms with Crippen LogP contribution in [0.1, 0.15) is 42.7 Å². The molecule has 2 aromatic heterocycles. The van der Waals surface area contributed by atoms with Gasteiger partial charge in [-0.25, -0.2) is 9.97 Å². The number of aliphatic hydroxyl groups excluding tert-OH is 2. The number of hydrogen-bond donors (Lipinski definition) is 4. The van der Waals surface area contributed by atoms with E-state index in [2.05, 4.69) is 15.8 Å². The number of likely N-dealkylation sites (N-methyl/N-ethyl adjacent to an activating group) is 1. The highest BCUT2D eigenvalue weighted by Crippen LogP contribution is 2.34. The molecule has 3 atom stereocenters. The summed E-state index contributed by atoms with van der Waals surface area (Å²) in [6, 6.07) is 7.69. The van der Waals surface area contributed by atoms with E-state index >= 15 is 0 Å². The fourth-order valence-electron chi connectivity index (χ4n) is 4.55. The van der Waals surface area contributed by atoms with E-state index in [0.29, 0.717) is 30.3 Å². The maximum atomic E-state index is 10.2. The first-order valence-electron chi connectivity index (χ1n) is 12.2. The molecule has 4 N–H and O–H groups in total. The number of aryl methyl sites for hydroxylation is 2. The fraction of sp³-hybridized carbons (Fsp3) is 0.500. The van der Waals surface area contributed by atoms with Crippen molar-refractivity contribution >= 4 is 5.82 Å². The molecule has 9 nitrogen and oxygen atoms in total. The number of aromatic nitrogens is 3. The van der Waals surface area contributed by atoms with Crippen molar-refractivity contribution in [1.29, 1.82) is 0 Å². The van der Waals surface area contributed by atoms with Crippen LogP contribution in [0.5, 0.6) is 5.75 Å². The Morgan fingerprint density at radius 2 is 2.03 bits per heavy atom. The Labute approximate surface area is 205 Å². The summed E-state index contributed by atoms with van der Waals surface area (Å²) in [4.78, 5) is 9.81. The van der Waals surface area contributed by atoms with Crippen LogP contribution >= 0.6 is 0 Å². The van der Waals surface area contributed by atoms with Crippen LogP contribution in [0.15, 0.2) is 28.8 Å². The average molecular weight is 482 g/mol. The number of nitrogens with one attached hydrogen (secondary N) is 2. The Kier molecular flexibility index (Phi) is 8.00. The average Bonchev–Trinajstić information content (AvgIpc) is 3.17. The first-order valence-corrected chi connectivity index (χ1v) is 12.2. The summed E-state index contributed by atoms with van der Waals surface area (Å²) < 4.78 is 11.2. The Bertz CT molecular complexity index is 1130. The minimum Gasteiger partial charge on any atom is -0.491 e. The van der Waals surface area contributed by atoms with Crippen molar-refractivity contribution in [2.75, 3.05) is 25.5 Å². The predicted octanol–water partition coefficient (Wildman–Crippen LogP) is 3.40. The number of benzene rings is 1. The summed E-state index contributed by atoms with van der Waals surface area (Å²) in [6.07, 6.45) is 2.59. The van der Waals surface area contributed by atoms with Crippen molar-refractivity contribution in [2.45, 2.75) is 64.7 Å². The molecule has 1 unspecified atom stereocenters. The second kappa shape index (κ2) is 11.2. The lowest BCUT2D eigenvalue weighted by molar-refractivity contribution is 0.108. The van der Waals surface area contributed by atoms with E-state index in [0.717, 1.165) is 53.2 Å². The highest BCUT2D eigenvalue weighted by molar-refractivity contribution is 5.74. The Morgan fingerprint density at radius 3 is 2.74 bits per heavy atom. The lowest BCUT2D eigenvalue weighted by atomic mass is 9.93. The molecule has 4 rings (SSSR count). The molecule has 1 aromatic carbocycles. The zero-order chi connectivity index (χ0) is 24.9. The molecule has 0 amide bonds. The number of anilines is 1. The highest BCUT2D eigenvalue weighted by Gasteiger charge is 2.24. The summed E-state index contributed by atoms with van der Waals surface area (Å²) >= 11 is 0. The van der Waals surface area contributed by atoms with Gasteiger partial charge in [-0.2, -0.15) is 0 Å². The first-order chi connectivity index (χ1) is 16.9. The highest BCUT2D eigenvalue weighted by atomic mass is 16.5. The van der Waals surface area contributed by atoms with E-state index < -0.39 is 6.10 Å². The van der Waals surface area contributed by atoms with Crippen LogP contribution in [-0.2, 0) is 0 Å². The molecule has 0 spiro atoms. The Morgan fingerprint density at radius 1 is 1.20 bits per heavy atom. The molecule has 1 fully saturated rings. The molecular weight excluding hydrogens is 446 g/mol. The monoisotopic (exact) mass is 481 g/mol. The van der Waals surface area contributed by atoms with Gasteiger partial charge in [-0.05, 0) is 65.6 Å². The molecule has 3 aromatic rings. The molecule has 0 saturated heterocycles. The number of nitrogens with zero attached hydrogens (tertiary/aromatic N) is 3. The molecule has 9 heteroatoms. The molecule has 1 aliphatic rings. The maximum Gasteiger partial charge on any atom is 0.162 e. The second-order valence-electron chi connectivity index (χ2n) is 9.28. The van der Waals surface area contributed by atoms with Gasteiger partial charge in [-0.1, -0.05) is 17.3 Å². The van der Waals surface area contributed by atoms with Crippen molar-refractivity contribution in [3.05, 3.63) is 41.3 Å². The summed E-state index contributed by atoms with van der Waals surface area (Å²) in [5.74, 6) is 2.61. The first kappa shape index (κ1) is 25.1. The van der Waals surface area contributed by atoms with Gasteiger partial charge >= 0.3 is 0 Å². The van der Waals surface area contributed by atoms with Crippen LogP contribution in [0.4, 0.5) is 5.82 Å². The Hall–Kier alpha value is -3.01. The van der Waals surface area contributed by atoms with Gasteiger partial charge in [0, 0.05) is 23.7 Å². The molecule has 0 bridgehead atoms. The molecule has 0 aliphatic heterocycles. The molecule has 0 radical (unpaired) electrons.